The molecule has 1 saturated carbocycles. The van der Waals surface area contributed by atoms with Crippen molar-refractivity contribution in [1.29, 1.82) is 0 Å². The molecule has 1 fully saturated rings. The van der Waals surface area contributed by atoms with Gasteiger partial charge in [0.15, 0.2) is 0 Å². The fraction of sp³-hybridized carbons (Fsp3) is 0.714. The maximum atomic E-state index is 10.8. The third-order valence-corrected chi connectivity index (χ3v) is 3.32. The molecule has 0 aromatic carbocycles. The van der Waals surface area contributed by atoms with Crippen LogP contribution in [0.15, 0.2) is 12.2 Å². The van der Waals surface area contributed by atoms with Crippen molar-refractivity contribution in [3.05, 3.63) is 12.2 Å². The Balaban J connectivity index is 1.90. The van der Waals surface area contributed by atoms with Gasteiger partial charge in [-0.3, -0.25) is 4.79 Å². The highest BCUT2D eigenvalue weighted by molar-refractivity contribution is 5.69. The largest absolute Gasteiger partial charge is 0.469 e. The summed E-state index contributed by atoms with van der Waals surface area (Å²) in [6.07, 6.45) is 11.9. The zero-order valence-electron chi connectivity index (χ0n) is 10.6. The molecule has 0 aromatic rings. The summed E-state index contributed by atoms with van der Waals surface area (Å²) in [4.78, 5) is 21.1. The predicted octanol–water partition coefficient (Wildman–Crippen LogP) is 2.89. The maximum absolute atomic E-state index is 10.8. The zero-order chi connectivity index (χ0) is 12.5. The summed E-state index contributed by atoms with van der Waals surface area (Å²) in [7, 11) is 1.42. The van der Waals surface area contributed by atoms with Gasteiger partial charge in [0.05, 0.1) is 7.11 Å². The molecule has 1 aliphatic carbocycles. The first-order chi connectivity index (χ1) is 8.27. The Kier molecular flexibility index (Phi) is 6.60. The normalized spacial score (nSPS) is 22.6. The van der Waals surface area contributed by atoms with Crippen LogP contribution >= 0.6 is 0 Å². The number of allylic oxidation sites excluding steroid dienone is 2. The summed E-state index contributed by atoms with van der Waals surface area (Å²) < 4.78 is 4.56. The van der Waals surface area contributed by atoms with Crippen LogP contribution in [0.25, 0.3) is 0 Å². The van der Waals surface area contributed by atoms with Crippen LogP contribution in [0.2, 0.25) is 0 Å². The molecule has 0 spiro atoms. The van der Waals surface area contributed by atoms with Crippen molar-refractivity contribution in [1.82, 2.24) is 0 Å². The van der Waals surface area contributed by atoms with Crippen molar-refractivity contribution in [2.75, 3.05) is 7.11 Å². The minimum atomic E-state index is -0.131. The lowest BCUT2D eigenvalue weighted by Crippen LogP contribution is -1.98. The first-order valence-corrected chi connectivity index (χ1v) is 6.43. The first kappa shape index (κ1) is 13.9. The second-order valence-electron chi connectivity index (χ2n) is 4.68. The summed E-state index contributed by atoms with van der Waals surface area (Å²) in [5.74, 6) is 1.31. The average molecular weight is 238 g/mol. The number of carbonyl (C=O) groups excluding carboxylic acids is 2. The van der Waals surface area contributed by atoms with Gasteiger partial charge in [-0.05, 0) is 43.9 Å². The Bertz CT molecular complexity index is 271. The van der Waals surface area contributed by atoms with E-state index in [2.05, 4.69) is 16.9 Å². The molecule has 0 amide bonds. The molecule has 17 heavy (non-hydrogen) atoms. The standard InChI is InChI=1S/C14H22O3/c1-17-14(16)8-6-4-2-3-5-7-12-11-13(12)9-10-15/h2-3,10,12-13H,4-9,11H2,1H3/b3-2-/t12-,13-/m0/s1. The van der Waals surface area contributed by atoms with Gasteiger partial charge >= 0.3 is 5.97 Å². The summed E-state index contributed by atoms with van der Waals surface area (Å²) in [5.41, 5.74) is 0. The second kappa shape index (κ2) is 8.04. The molecule has 0 N–H and O–H groups in total. The van der Waals surface area contributed by atoms with E-state index >= 15 is 0 Å². The number of hydrogen-bond acceptors (Lipinski definition) is 3. The SMILES string of the molecule is COC(=O)CCC/C=C\CC[C@H]1C[C@@H]1CC=O. The number of unbranched alkanes of at least 4 members (excludes halogenated alkanes) is 1. The highest BCUT2D eigenvalue weighted by atomic mass is 16.5. The van der Waals surface area contributed by atoms with Gasteiger partial charge in [0.1, 0.15) is 6.29 Å². The molecule has 0 heterocycles. The minimum absolute atomic E-state index is 0.131. The van der Waals surface area contributed by atoms with Crippen molar-refractivity contribution < 1.29 is 14.3 Å². The Labute approximate surface area is 103 Å². The van der Waals surface area contributed by atoms with Crippen LogP contribution in [0.4, 0.5) is 0 Å². The van der Waals surface area contributed by atoms with Gasteiger partial charge in [-0.2, -0.15) is 0 Å². The molecule has 0 radical (unpaired) electrons. The Morgan fingerprint density at radius 1 is 1.29 bits per heavy atom. The minimum Gasteiger partial charge on any atom is -0.469 e. The summed E-state index contributed by atoms with van der Waals surface area (Å²) in [6, 6.07) is 0. The van der Waals surface area contributed by atoms with Gasteiger partial charge < -0.3 is 9.53 Å². The number of methoxy groups -OCH3 is 1. The molecule has 2 atom stereocenters. The van der Waals surface area contributed by atoms with Crippen LogP contribution in [-0.4, -0.2) is 19.4 Å². The molecule has 0 saturated heterocycles. The van der Waals surface area contributed by atoms with E-state index in [4.69, 9.17) is 0 Å². The first-order valence-electron chi connectivity index (χ1n) is 6.43. The molecule has 0 bridgehead atoms. The highest BCUT2D eigenvalue weighted by Gasteiger charge is 2.35. The molecule has 0 aromatic heterocycles. The van der Waals surface area contributed by atoms with Crippen LogP contribution in [0.1, 0.15) is 44.9 Å². The predicted molar refractivity (Wildman–Crippen MR) is 66.5 cm³/mol. The van der Waals surface area contributed by atoms with Crippen LogP contribution in [-0.2, 0) is 14.3 Å². The third-order valence-electron chi connectivity index (χ3n) is 3.32. The van der Waals surface area contributed by atoms with Crippen molar-refractivity contribution in [3.63, 3.8) is 0 Å². The average Bonchev–Trinajstić information content (AvgIpc) is 3.06. The van der Waals surface area contributed by atoms with Gasteiger partial charge in [-0.1, -0.05) is 12.2 Å². The fourth-order valence-electron chi connectivity index (χ4n) is 2.09. The van der Waals surface area contributed by atoms with Crippen LogP contribution < -0.4 is 0 Å². The Morgan fingerprint density at radius 2 is 2.06 bits per heavy atom. The monoisotopic (exact) mass is 238 g/mol. The molecular formula is C14H22O3. The van der Waals surface area contributed by atoms with Gasteiger partial charge in [0.2, 0.25) is 0 Å². The van der Waals surface area contributed by atoms with Gasteiger partial charge in [0.25, 0.3) is 0 Å². The number of aldehydes is 1. The van der Waals surface area contributed by atoms with E-state index in [1.54, 1.807) is 0 Å². The Morgan fingerprint density at radius 3 is 2.76 bits per heavy atom. The van der Waals surface area contributed by atoms with Gasteiger partial charge in [0, 0.05) is 12.8 Å². The number of hydrogen-bond donors (Lipinski definition) is 0. The van der Waals surface area contributed by atoms with Crippen LogP contribution in [0, 0.1) is 11.8 Å². The second-order valence-corrected chi connectivity index (χ2v) is 4.68. The van der Waals surface area contributed by atoms with E-state index in [9.17, 15) is 9.59 Å². The smallest absolute Gasteiger partial charge is 0.305 e. The van der Waals surface area contributed by atoms with E-state index < -0.39 is 0 Å². The number of ether oxygens (including phenoxy) is 1. The fourth-order valence-corrected chi connectivity index (χ4v) is 2.09. The lowest BCUT2D eigenvalue weighted by molar-refractivity contribution is -0.140. The molecule has 3 heteroatoms. The number of rotatable bonds is 9. The van der Waals surface area contributed by atoms with Crippen molar-refractivity contribution in [3.8, 4) is 0 Å². The molecule has 0 aliphatic heterocycles. The highest BCUT2D eigenvalue weighted by Crippen LogP contribution is 2.43. The summed E-state index contributed by atoms with van der Waals surface area (Å²) >= 11 is 0. The van der Waals surface area contributed by atoms with Crippen molar-refractivity contribution in [2.24, 2.45) is 11.8 Å². The lowest BCUT2D eigenvalue weighted by Gasteiger charge is -1.96. The molecule has 0 unspecified atom stereocenters. The lowest BCUT2D eigenvalue weighted by atomic mass is 10.1. The van der Waals surface area contributed by atoms with E-state index in [1.165, 1.54) is 20.0 Å². The molecule has 1 rings (SSSR count). The van der Waals surface area contributed by atoms with Gasteiger partial charge in [-0.15, -0.1) is 0 Å². The van der Waals surface area contributed by atoms with Crippen LogP contribution in [0.5, 0.6) is 0 Å². The maximum Gasteiger partial charge on any atom is 0.305 e. The quantitative estimate of drug-likeness (QED) is 0.268. The van der Waals surface area contributed by atoms with E-state index in [0.29, 0.717) is 12.3 Å². The topological polar surface area (TPSA) is 43.4 Å². The van der Waals surface area contributed by atoms with Gasteiger partial charge in [-0.25, -0.2) is 0 Å². The van der Waals surface area contributed by atoms with E-state index in [1.807, 2.05) is 0 Å². The zero-order valence-corrected chi connectivity index (χ0v) is 10.6. The van der Waals surface area contributed by atoms with E-state index in [0.717, 1.165) is 37.9 Å². The van der Waals surface area contributed by atoms with Crippen LogP contribution in [0.3, 0.4) is 0 Å². The summed E-state index contributed by atoms with van der Waals surface area (Å²) in [5, 5.41) is 0. The number of esters is 1. The Hall–Kier alpha value is -1.12. The number of carbonyl (C=O) groups is 2. The van der Waals surface area contributed by atoms with Crippen molar-refractivity contribution >= 4 is 12.3 Å². The third kappa shape index (κ3) is 6.25. The molecule has 1 aliphatic rings. The van der Waals surface area contributed by atoms with E-state index in [-0.39, 0.29) is 5.97 Å². The molecule has 96 valence electrons. The molecule has 3 nitrogen and oxygen atoms in total. The summed E-state index contributed by atoms with van der Waals surface area (Å²) in [6.45, 7) is 0. The molecular weight excluding hydrogens is 216 g/mol. The van der Waals surface area contributed by atoms with Crippen molar-refractivity contribution in [2.45, 2.75) is 44.9 Å².